The molecule has 0 amide bonds. The minimum Gasteiger partial charge on any atom is -0.338 e. The zero-order valence-electron chi connectivity index (χ0n) is 11.2. The van der Waals surface area contributed by atoms with Gasteiger partial charge in [-0.3, -0.25) is 4.90 Å². The first-order valence-corrected chi connectivity index (χ1v) is 6.53. The molecule has 0 aliphatic carbocycles. The molecule has 0 fully saturated rings. The van der Waals surface area contributed by atoms with Gasteiger partial charge in [0.1, 0.15) is 0 Å². The van der Waals surface area contributed by atoms with Crippen molar-refractivity contribution < 1.29 is 4.52 Å². The summed E-state index contributed by atoms with van der Waals surface area (Å²) >= 11 is 0. The van der Waals surface area contributed by atoms with Crippen molar-refractivity contribution in [2.75, 3.05) is 13.1 Å². The lowest BCUT2D eigenvalue weighted by molar-refractivity contribution is 0.217. The van der Waals surface area contributed by atoms with E-state index in [-0.39, 0.29) is 0 Å². The number of hydrogen-bond donors (Lipinski definition) is 1. The van der Waals surface area contributed by atoms with Crippen molar-refractivity contribution in [1.29, 1.82) is 0 Å². The smallest absolute Gasteiger partial charge is 0.240 e. The number of hydrogen-bond acceptors (Lipinski definition) is 5. The molecule has 0 aliphatic heterocycles. The van der Waals surface area contributed by atoms with Gasteiger partial charge >= 0.3 is 0 Å². The van der Waals surface area contributed by atoms with E-state index in [4.69, 9.17) is 10.3 Å². The second kappa shape index (κ2) is 7.01. The lowest BCUT2D eigenvalue weighted by Gasteiger charge is -2.20. The van der Waals surface area contributed by atoms with E-state index in [1.807, 2.05) is 25.1 Å². The molecule has 0 unspecified atom stereocenters. The highest BCUT2D eigenvalue weighted by Crippen LogP contribution is 2.09. The Morgan fingerprint density at radius 3 is 2.63 bits per heavy atom. The molecular formula is C14H20N4O. The molecule has 5 heteroatoms. The molecule has 5 nitrogen and oxygen atoms in total. The molecule has 0 aliphatic rings. The first kappa shape index (κ1) is 13.7. The fourth-order valence-electron chi connectivity index (χ4n) is 1.97. The topological polar surface area (TPSA) is 68.2 Å². The molecule has 19 heavy (non-hydrogen) atoms. The van der Waals surface area contributed by atoms with Gasteiger partial charge in [0.05, 0.1) is 6.54 Å². The molecule has 2 aromatic rings. The molecule has 1 heterocycles. The maximum atomic E-state index is 5.59. The van der Waals surface area contributed by atoms with Crippen molar-refractivity contribution >= 4 is 0 Å². The van der Waals surface area contributed by atoms with Crippen LogP contribution in [0.2, 0.25) is 0 Å². The predicted molar refractivity (Wildman–Crippen MR) is 73.3 cm³/mol. The fourth-order valence-corrected chi connectivity index (χ4v) is 1.97. The Bertz CT molecular complexity index is 483. The van der Waals surface area contributed by atoms with E-state index in [2.05, 4.69) is 27.2 Å². The van der Waals surface area contributed by atoms with Gasteiger partial charge in [-0.05, 0) is 25.5 Å². The Hall–Kier alpha value is -1.72. The normalized spacial score (nSPS) is 11.1. The maximum absolute atomic E-state index is 5.59. The van der Waals surface area contributed by atoms with E-state index in [1.54, 1.807) is 0 Å². The van der Waals surface area contributed by atoms with Crippen LogP contribution >= 0.6 is 0 Å². The van der Waals surface area contributed by atoms with Crippen molar-refractivity contribution in [3.63, 3.8) is 0 Å². The number of nitrogens with two attached hydrogens (primary N) is 1. The zero-order chi connectivity index (χ0) is 13.5. The van der Waals surface area contributed by atoms with Gasteiger partial charge in [-0.15, -0.1) is 0 Å². The molecule has 102 valence electrons. The third-order valence-electron chi connectivity index (χ3n) is 2.86. The average molecular weight is 260 g/mol. The van der Waals surface area contributed by atoms with Crippen molar-refractivity contribution in [2.45, 2.75) is 26.4 Å². The maximum Gasteiger partial charge on any atom is 0.240 e. The summed E-state index contributed by atoms with van der Waals surface area (Å²) in [7, 11) is 0. The highest BCUT2D eigenvalue weighted by Gasteiger charge is 2.11. The second-order valence-electron chi connectivity index (χ2n) is 4.57. The molecular weight excluding hydrogens is 240 g/mol. The Labute approximate surface area is 113 Å². The van der Waals surface area contributed by atoms with Crippen molar-refractivity contribution in [3.8, 4) is 0 Å². The first-order valence-electron chi connectivity index (χ1n) is 6.53. The standard InChI is InChI=1S/C14H20N4O/c1-12-16-14(19-17-12)11-18(9-5-8-15)10-13-6-3-2-4-7-13/h2-4,6-7H,5,8-11,15H2,1H3. The third kappa shape index (κ3) is 4.46. The molecule has 1 aromatic heterocycles. The summed E-state index contributed by atoms with van der Waals surface area (Å²) in [5.41, 5.74) is 6.86. The van der Waals surface area contributed by atoms with E-state index < -0.39 is 0 Å². The Morgan fingerprint density at radius 1 is 1.21 bits per heavy atom. The van der Waals surface area contributed by atoms with E-state index in [0.717, 1.165) is 19.5 Å². The quantitative estimate of drug-likeness (QED) is 0.821. The number of aromatic nitrogens is 2. The number of nitrogens with zero attached hydrogens (tertiary/aromatic N) is 3. The van der Waals surface area contributed by atoms with Gasteiger partial charge in [-0.1, -0.05) is 35.5 Å². The Kier molecular flexibility index (Phi) is 5.06. The van der Waals surface area contributed by atoms with E-state index in [1.165, 1.54) is 5.56 Å². The van der Waals surface area contributed by atoms with Gasteiger partial charge in [-0.25, -0.2) is 0 Å². The number of aryl methyl sites for hydroxylation is 1. The predicted octanol–water partition coefficient (Wildman–Crippen LogP) is 1.73. The summed E-state index contributed by atoms with van der Waals surface area (Å²) in [5, 5.41) is 3.82. The van der Waals surface area contributed by atoms with Gasteiger partial charge < -0.3 is 10.3 Å². The van der Waals surface area contributed by atoms with Crippen LogP contribution in [-0.4, -0.2) is 28.1 Å². The minimum atomic E-state index is 0.658. The van der Waals surface area contributed by atoms with Crippen LogP contribution in [0.3, 0.4) is 0 Å². The van der Waals surface area contributed by atoms with Crippen molar-refractivity contribution in [1.82, 2.24) is 15.0 Å². The Balaban J connectivity index is 1.99. The summed E-state index contributed by atoms with van der Waals surface area (Å²) in [6, 6.07) is 10.4. The lowest BCUT2D eigenvalue weighted by atomic mass is 10.2. The van der Waals surface area contributed by atoms with Gasteiger partial charge in [0.15, 0.2) is 5.82 Å². The van der Waals surface area contributed by atoms with E-state index in [9.17, 15) is 0 Å². The van der Waals surface area contributed by atoms with Crippen LogP contribution in [0.1, 0.15) is 23.7 Å². The SMILES string of the molecule is Cc1noc(CN(CCCN)Cc2ccccc2)n1. The first-order chi connectivity index (χ1) is 9.28. The van der Waals surface area contributed by atoms with E-state index in [0.29, 0.717) is 24.8 Å². The van der Waals surface area contributed by atoms with Crippen LogP contribution in [-0.2, 0) is 13.1 Å². The van der Waals surface area contributed by atoms with Crippen LogP contribution in [0.25, 0.3) is 0 Å². The van der Waals surface area contributed by atoms with Crippen LogP contribution < -0.4 is 5.73 Å². The summed E-state index contributed by atoms with van der Waals surface area (Å²) in [6.07, 6.45) is 0.958. The van der Waals surface area contributed by atoms with Crippen molar-refractivity contribution in [2.24, 2.45) is 5.73 Å². The van der Waals surface area contributed by atoms with Crippen LogP contribution in [0.15, 0.2) is 34.9 Å². The fraction of sp³-hybridized carbons (Fsp3) is 0.429. The minimum absolute atomic E-state index is 0.658. The molecule has 0 saturated carbocycles. The summed E-state index contributed by atoms with van der Waals surface area (Å²) < 4.78 is 5.18. The van der Waals surface area contributed by atoms with Crippen molar-refractivity contribution in [3.05, 3.63) is 47.6 Å². The number of benzene rings is 1. The van der Waals surface area contributed by atoms with Gasteiger partial charge in [0, 0.05) is 13.1 Å². The van der Waals surface area contributed by atoms with Gasteiger partial charge in [0.25, 0.3) is 0 Å². The molecule has 2 rings (SSSR count). The highest BCUT2D eigenvalue weighted by atomic mass is 16.5. The van der Waals surface area contributed by atoms with Crippen LogP contribution in [0, 0.1) is 6.92 Å². The summed E-state index contributed by atoms with van der Waals surface area (Å²) in [5.74, 6) is 1.33. The van der Waals surface area contributed by atoms with Gasteiger partial charge in [0.2, 0.25) is 5.89 Å². The van der Waals surface area contributed by atoms with Gasteiger partial charge in [-0.2, -0.15) is 4.98 Å². The Morgan fingerprint density at radius 2 is 2.00 bits per heavy atom. The molecule has 0 saturated heterocycles. The average Bonchev–Trinajstić information content (AvgIpc) is 2.82. The molecule has 0 atom stereocenters. The highest BCUT2D eigenvalue weighted by molar-refractivity contribution is 5.14. The number of rotatable bonds is 7. The summed E-state index contributed by atoms with van der Waals surface area (Å²) in [6.45, 7) is 4.97. The monoisotopic (exact) mass is 260 g/mol. The largest absolute Gasteiger partial charge is 0.338 e. The molecule has 1 aromatic carbocycles. The molecule has 0 bridgehead atoms. The van der Waals surface area contributed by atoms with Crippen LogP contribution in [0.5, 0.6) is 0 Å². The molecule has 0 spiro atoms. The summed E-state index contributed by atoms with van der Waals surface area (Å²) in [4.78, 5) is 6.52. The molecule has 2 N–H and O–H groups in total. The van der Waals surface area contributed by atoms with Crippen LogP contribution in [0.4, 0.5) is 0 Å². The second-order valence-corrected chi connectivity index (χ2v) is 4.57. The third-order valence-corrected chi connectivity index (χ3v) is 2.86. The zero-order valence-corrected chi connectivity index (χ0v) is 11.2. The lowest BCUT2D eigenvalue weighted by Crippen LogP contribution is -2.25. The molecule has 0 radical (unpaired) electrons. The van der Waals surface area contributed by atoms with E-state index >= 15 is 0 Å².